The molecule has 1 aromatic rings. The Morgan fingerprint density at radius 3 is 3.13 bits per heavy atom. The first-order valence-electron chi connectivity index (χ1n) is 5.44. The van der Waals surface area contributed by atoms with Gasteiger partial charge < -0.3 is 15.2 Å². The van der Waals surface area contributed by atoms with Crippen LogP contribution in [0.5, 0.6) is 5.75 Å². The Hall–Kier alpha value is -1.06. The zero-order chi connectivity index (χ0) is 10.7. The van der Waals surface area contributed by atoms with Crippen LogP contribution in [0.2, 0.25) is 0 Å². The second-order valence-electron chi connectivity index (χ2n) is 3.87. The monoisotopic (exact) mass is 207 g/mol. The average molecular weight is 207 g/mol. The minimum Gasteiger partial charge on any atom is -0.491 e. The van der Waals surface area contributed by atoms with Crippen molar-refractivity contribution in [1.82, 2.24) is 5.32 Å². The molecule has 0 aromatic heterocycles. The maximum absolute atomic E-state index is 9.46. The standard InChI is InChI=1S/C12H17NO2/c1-2-9(14)7-13-11-8-15-12-6-4-3-5-10(11)12/h3-6,9,11,13-14H,2,7-8H2,1H3. The zero-order valence-electron chi connectivity index (χ0n) is 8.94. The summed E-state index contributed by atoms with van der Waals surface area (Å²) in [7, 11) is 0. The Balaban J connectivity index is 1.96. The van der Waals surface area contributed by atoms with Crippen LogP contribution in [0.4, 0.5) is 0 Å². The van der Waals surface area contributed by atoms with Crippen LogP contribution >= 0.6 is 0 Å². The fourth-order valence-electron chi connectivity index (χ4n) is 1.75. The van der Waals surface area contributed by atoms with Gasteiger partial charge in [0.05, 0.1) is 12.1 Å². The Morgan fingerprint density at radius 2 is 2.33 bits per heavy atom. The number of hydrogen-bond acceptors (Lipinski definition) is 3. The van der Waals surface area contributed by atoms with Crippen LogP contribution in [0.25, 0.3) is 0 Å². The highest BCUT2D eigenvalue weighted by molar-refractivity contribution is 5.39. The van der Waals surface area contributed by atoms with Crippen molar-refractivity contribution in [2.24, 2.45) is 0 Å². The summed E-state index contributed by atoms with van der Waals surface area (Å²) < 4.78 is 5.53. The molecule has 0 fully saturated rings. The molecule has 2 rings (SSSR count). The molecule has 1 aliphatic heterocycles. The maximum Gasteiger partial charge on any atom is 0.124 e. The third-order valence-electron chi connectivity index (χ3n) is 2.77. The quantitative estimate of drug-likeness (QED) is 0.785. The van der Waals surface area contributed by atoms with E-state index in [1.165, 1.54) is 5.56 Å². The van der Waals surface area contributed by atoms with Gasteiger partial charge in [0.1, 0.15) is 12.4 Å². The molecule has 0 saturated carbocycles. The maximum atomic E-state index is 9.46. The molecule has 0 amide bonds. The van der Waals surface area contributed by atoms with Crippen molar-refractivity contribution in [2.45, 2.75) is 25.5 Å². The summed E-state index contributed by atoms with van der Waals surface area (Å²) in [4.78, 5) is 0. The molecule has 2 N–H and O–H groups in total. The molecule has 0 spiro atoms. The van der Waals surface area contributed by atoms with E-state index in [9.17, 15) is 5.11 Å². The van der Waals surface area contributed by atoms with Gasteiger partial charge in [0, 0.05) is 12.1 Å². The molecular formula is C12H17NO2. The Kier molecular flexibility index (Phi) is 3.23. The van der Waals surface area contributed by atoms with Crippen LogP contribution in [0, 0.1) is 0 Å². The van der Waals surface area contributed by atoms with E-state index in [-0.39, 0.29) is 12.1 Å². The summed E-state index contributed by atoms with van der Waals surface area (Å²) in [6, 6.07) is 8.26. The molecule has 0 radical (unpaired) electrons. The largest absolute Gasteiger partial charge is 0.491 e. The van der Waals surface area contributed by atoms with Gasteiger partial charge in [-0.3, -0.25) is 0 Å². The SMILES string of the molecule is CCC(O)CNC1COc2ccccc21. The normalized spacial score (nSPS) is 20.8. The van der Waals surface area contributed by atoms with E-state index in [2.05, 4.69) is 11.4 Å². The first-order chi connectivity index (χ1) is 7.31. The van der Waals surface area contributed by atoms with Gasteiger partial charge in [-0.15, -0.1) is 0 Å². The highest BCUT2D eigenvalue weighted by Crippen LogP contribution is 2.31. The summed E-state index contributed by atoms with van der Waals surface area (Å²) >= 11 is 0. The number of aliphatic hydroxyl groups excluding tert-OH is 1. The number of para-hydroxylation sites is 1. The number of ether oxygens (including phenoxy) is 1. The molecule has 1 aromatic carbocycles. The molecule has 0 saturated heterocycles. The van der Waals surface area contributed by atoms with Crippen molar-refractivity contribution in [3.8, 4) is 5.75 Å². The van der Waals surface area contributed by atoms with Gasteiger partial charge in [-0.25, -0.2) is 0 Å². The van der Waals surface area contributed by atoms with Crippen LogP contribution in [-0.2, 0) is 0 Å². The van der Waals surface area contributed by atoms with E-state index < -0.39 is 0 Å². The van der Waals surface area contributed by atoms with Crippen molar-refractivity contribution >= 4 is 0 Å². The number of fused-ring (bicyclic) bond motifs is 1. The third-order valence-corrected chi connectivity index (χ3v) is 2.77. The Morgan fingerprint density at radius 1 is 1.53 bits per heavy atom. The summed E-state index contributed by atoms with van der Waals surface area (Å²) in [6.45, 7) is 3.26. The number of hydrogen-bond donors (Lipinski definition) is 2. The first kappa shape index (κ1) is 10.5. The van der Waals surface area contributed by atoms with Gasteiger partial charge in [0.2, 0.25) is 0 Å². The topological polar surface area (TPSA) is 41.5 Å². The van der Waals surface area contributed by atoms with Crippen LogP contribution in [-0.4, -0.2) is 24.4 Å². The summed E-state index contributed by atoms with van der Waals surface area (Å²) in [5, 5.41) is 12.8. The lowest BCUT2D eigenvalue weighted by Crippen LogP contribution is -2.30. The van der Waals surface area contributed by atoms with Gasteiger partial charge in [-0.05, 0) is 12.5 Å². The van der Waals surface area contributed by atoms with Crippen molar-refractivity contribution in [3.63, 3.8) is 0 Å². The van der Waals surface area contributed by atoms with E-state index in [1.807, 2.05) is 25.1 Å². The van der Waals surface area contributed by atoms with E-state index in [1.54, 1.807) is 0 Å². The second-order valence-corrected chi connectivity index (χ2v) is 3.87. The lowest BCUT2D eigenvalue weighted by atomic mass is 10.1. The van der Waals surface area contributed by atoms with Crippen molar-refractivity contribution in [1.29, 1.82) is 0 Å². The molecule has 1 aliphatic rings. The van der Waals surface area contributed by atoms with Crippen LogP contribution in [0.15, 0.2) is 24.3 Å². The minimum absolute atomic E-state index is 0.224. The van der Waals surface area contributed by atoms with Crippen LogP contribution < -0.4 is 10.1 Å². The van der Waals surface area contributed by atoms with E-state index in [0.29, 0.717) is 13.2 Å². The third kappa shape index (κ3) is 2.30. The van der Waals surface area contributed by atoms with Crippen molar-refractivity contribution < 1.29 is 9.84 Å². The molecule has 2 unspecified atom stereocenters. The molecule has 0 aliphatic carbocycles. The van der Waals surface area contributed by atoms with E-state index in [4.69, 9.17) is 4.74 Å². The second kappa shape index (κ2) is 4.64. The lowest BCUT2D eigenvalue weighted by Gasteiger charge is -2.14. The van der Waals surface area contributed by atoms with Crippen molar-refractivity contribution in [3.05, 3.63) is 29.8 Å². The number of rotatable bonds is 4. The van der Waals surface area contributed by atoms with Gasteiger partial charge in [-0.2, -0.15) is 0 Å². The molecular weight excluding hydrogens is 190 g/mol. The summed E-state index contributed by atoms with van der Waals surface area (Å²) in [5.41, 5.74) is 1.20. The Bertz CT molecular complexity index is 327. The van der Waals surface area contributed by atoms with E-state index in [0.717, 1.165) is 12.2 Å². The molecule has 82 valence electrons. The lowest BCUT2D eigenvalue weighted by molar-refractivity contribution is 0.160. The average Bonchev–Trinajstić information content (AvgIpc) is 2.69. The summed E-state index contributed by atoms with van der Waals surface area (Å²) in [5.74, 6) is 0.959. The van der Waals surface area contributed by atoms with Crippen LogP contribution in [0.3, 0.4) is 0 Å². The first-order valence-corrected chi connectivity index (χ1v) is 5.44. The smallest absolute Gasteiger partial charge is 0.124 e. The number of benzene rings is 1. The van der Waals surface area contributed by atoms with Gasteiger partial charge in [0.15, 0.2) is 0 Å². The molecule has 3 heteroatoms. The fraction of sp³-hybridized carbons (Fsp3) is 0.500. The molecule has 1 heterocycles. The minimum atomic E-state index is -0.266. The Labute approximate surface area is 90.1 Å². The highest BCUT2D eigenvalue weighted by atomic mass is 16.5. The molecule has 3 nitrogen and oxygen atoms in total. The van der Waals surface area contributed by atoms with Crippen LogP contribution in [0.1, 0.15) is 24.9 Å². The number of aliphatic hydroxyl groups is 1. The zero-order valence-corrected chi connectivity index (χ0v) is 8.94. The number of nitrogens with one attached hydrogen (secondary N) is 1. The van der Waals surface area contributed by atoms with E-state index >= 15 is 0 Å². The molecule has 15 heavy (non-hydrogen) atoms. The van der Waals surface area contributed by atoms with Crippen molar-refractivity contribution in [2.75, 3.05) is 13.2 Å². The predicted molar refractivity (Wildman–Crippen MR) is 59.0 cm³/mol. The predicted octanol–water partition coefficient (Wildman–Crippen LogP) is 1.48. The van der Waals surface area contributed by atoms with Gasteiger partial charge >= 0.3 is 0 Å². The fourth-order valence-corrected chi connectivity index (χ4v) is 1.75. The summed E-state index contributed by atoms with van der Waals surface area (Å²) in [6.07, 6.45) is 0.514. The highest BCUT2D eigenvalue weighted by Gasteiger charge is 2.23. The molecule has 2 atom stereocenters. The van der Waals surface area contributed by atoms with Gasteiger partial charge in [0.25, 0.3) is 0 Å². The van der Waals surface area contributed by atoms with Gasteiger partial charge in [-0.1, -0.05) is 25.1 Å². The molecule has 0 bridgehead atoms.